The van der Waals surface area contributed by atoms with Crippen LogP contribution in [0.5, 0.6) is 0 Å². The quantitative estimate of drug-likeness (QED) is 0.178. The highest BCUT2D eigenvalue weighted by molar-refractivity contribution is 5.85. The minimum absolute atomic E-state index is 0.0719. The van der Waals surface area contributed by atoms with Crippen LogP contribution < -0.4 is 10.6 Å². The van der Waals surface area contributed by atoms with Crippen LogP contribution in [-0.4, -0.2) is 47.1 Å². The van der Waals surface area contributed by atoms with Gasteiger partial charge >= 0.3 is 11.9 Å². The fraction of sp³-hybridized carbons (Fsp3) is 0.895. The van der Waals surface area contributed by atoms with E-state index in [-0.39, 0.29) is 11.8 Å². The number of hydrogen-bond donors (Lipinski definition) is 4. The summed E-state index contributed by atoms with van der Waals surface area (Å²) in [7, 11) is 0. The molecule has 8 nitrogen and oxygen atoms in total. The molecule has 5 aliphatic carbocycles. The summed E-state index contributed by atoms with van der Waals surface area (Å²) >= 11 is 0. The predicted octanol–water partition coefficient (Wildman–Crippen LogP) is 7.20. The molecule has 0 bridgehead atoms. The molecule has 0 radical (unpaired) electrons. The average Bonchev–Trinajstić information content (AvgIpc) is 3.07. The summed E-state index contributed by atoms with van der Waals surface area (Å²) < 4.78 is 0. The molecule has 5 saturated carbocycles. The lowest BCUT2D eigenvalue weighted by Gasteiger charge is -2.36. The second kappa shape index (κ2) is 17.3. The number of carbonyl (C=O) groups is 4. The molecule has 5 aliphatic rings. The molecule has 6 atom stereocenters. The Balaban J connectivity index is 1.03. The third-order valence-corrected chi connectivity index (χ3v) is 13.1. The Morgan fingerprint density at radius 2 is 0.761 bits per heavy atom. The molecule has 0 aromatic rings. The summed E-state index contributed by atoms with van der Waals surface area (Å²) in [5.74, 6) is -0.661. The van der Waals surface area contributed by atoms with Gasteiger partial charge in [-0.15, -0.1) is 0 Å². The van der Waals surface area contributed by atoms with Gasteiger partial charge in [-0.25, -0.2) is 0 Å². The van der Waals surface area contributed by atoms with Crippen molar-refractivity contribution in [2.24, 2.45) is 59.2 Å². The smallest absolute Gasteiger partial charge is 0.307 e. The molecule has 0 aromatic heterocycles. The van der Waals surface area contributed by atoms with Gasteiger partial charge < -0.3 is 20.8 Å². The van der Waals surface area contributed by atoms with Crippen molar-refractivity contribution in [1.82, 2.24) is 10.6 Å². The standard InChI is InChI=1S/C38H62N2O6/c41-35(33-21-29(15-17-31(33)37(43)44)19-25-7-3-1-4-8-25)39-23-27-11-13-28(14-12-27)24-40-36(42)34-22-30(16-18-32(34)38(45)46)20-26-9-5-2-6-10-26/h25-34H,1-24H2,(H,39,41)(H,40,42)(H,43,44)(H,45,46). The van der Waals surface area contributed by atoms with Crippen LogP contribution in [0.1, 0.15) is 141 Å². The maximum Gasteiger partial charge on any atom is 0.307 e. The largest absolute Gasteiger partial charge is 0.481 e. The molecule has 6 unspecified atom stereocenters. The van der Waals surface area contributed by atoms with Crippen LogP contribution in [0.4, 0.5) is 0 Å². The molecular weight excluding hydrogens is 580 g/mol. The van der Waals surface area contributed by atoms with Gasteiger partial charge in [-0.3, -0.25) is 19.2 Å². The number of nitrogens with one attached hydrogen (secondary N) is 2. The number of carboxylic acids is 2. The molecule has 0 aliphatic heterocycles. The molecule has 0 saturated heterocycles. The summed E-state index contributed by atoms with van der Waals surface area (Å²) in [5, 5.41) is 26.1. The molecule has 46 heavy (non-hydrogen) atoms. The Hall–Kier alpha value is -2.12. The lowest BCUT2D eigenvalue weighted by atomic mass is 9.69. The zero-order valence-electron chi connectivity index (χ0n) is 28.3. The van der Waals surface area contributed by atoms with E-state index >= 15 is 0 Å². The van der Waals surface area contributed by atoms with E-state index in [0.717, 1.165) is 63.2 Å². The number of rotatable bonds is 12. The number of carbonyl (C=O) groups excluding carboxylic acids is 2. The molecule has 5 fully saturated rings. The van der Waals surface area contributed by atoms with Gasteiger partial charge in [0.1, 0.15) is 0 Å². The lowest BCUT2D eigenvalue weighted by molar-refractivity contribution is -0.150. The maximum atomic E-state index is 13.3. The van der Waals surface area contributed by atoms with E-state index in [1.54, 1.807) is 0 Å². The Bertz CT molecular complexity index is 933. The zero-order chi connectivity index (χ0) is 32.5. The van der Waals surface area contributed by atoms with E-state index in [0.29, 0.717) is 62.4 Å². The first-order valence-corrected chi connectivity index (χ1v) is 19.3. The monoisotopic (exact) mass is 642 g/mol. The third-order valence-electron chi connectivity index (χ3n) is 13.1. The number of aliphatic carboxylic acids is 2. The summed E-state index contributed by atoms with van der Waals surface area (Å²) in [6.07, 6.45) is 23.7. The molecule has 4 N–H and O–H groups in total. The zero-order valence-corrected chi connectivity index (χ0v) is 28.3. The van der Waals surface area contributed by atoms with Crippen molar-refractivity contribution in [3.63, 3.8) is 0 Å². The van der Waals surface area contributed by atoms with Gasteiger partial charge in [0, 0.05) is 13.1 Å². The minimum Gasteiger partial charge on any atom is -0.481 e. The Morgan fingerprint density at radius 3 is 1.11 bits per heavy atom. The molecule has 0 spiro atoms. The fourth-order valence-electron chi connectivity index (χ4n) is 10.3. The molecule has 5 rings (SSSR count). The van der Waals surface area contributed by atoms with Crippen LogP contribution in [0.3, 0.4) is 0 Å². The van der Waals surface area contributed by atoms with Crippen molar-refractivity contribution in [3.05, 3.63) is 0 Å². The SMILES string of the molecule is O=C(O)C1CCC(CC2CCCCC2)CC1C(=O)NCC1CCC(CNC(=O)C2CC(CC3CCCCC3)CCC2C(=O)O)CC1. The van der Waals surface area contributed by atoms with Gasteiger partial charge in [-0.05, 0) is 113 Å². The van der Waals surface area contributed by atoms with Crippen LogP contribution in [0.25, 0.3) is 0 Å². The summed E-state index contributed by atoms with van der Waals surface area (Å²) in [6, 6.07) is 0. The topological polar surface area (TPSA) is 133 Å². The van der Waals surface area contributed by atoms with Crippen molar-refractivity contribution < 1.29 is 29.4 Å². The predicted molar refractivity (Wildman–Crippen MR) is 178 cm³/mol. The van der Waals surface area contributed by atoms with Crippen LogP contribution in [0, 0.1) is 59.2 Å². The number of carboxylic acid groups (broad SMARTS) is 2. The van der Waals surface area contributed by atoms with Crippen LogP contribution in [0.15, 0.2) is 0 Å². The highest BCUT2D eigenvalue weighted by Crippen LogP contribution is 2.42. The molecule has 2 amide bonds. The van der Waals surface area contributed by atoms with E-state index in [4.69, 9.17) is 0 Å². The first kappa shape index (κ1) is 35.2. The van der Waals surface area contributed by atoms with Gasteiger partial charge in [0.15, 0.2) is 0 Å². The average molecular weight is 643 g/mol. The highest BCUT2D eigenvalue weighted by atomic mass is 16.4. The minimum atomic E-state index is -0.832. The normalized spacial score (nSPS) is 34.8. The fourth-order valence-corrected chi connectivity index (χ4v) is 10.3. The maximum absolute atomic E-state index is 13.3. The van der Waals surface area contributed by atoms with Gasteiger partial charge in [-0.2, -0.15) is 0 Å². The van der Waals surface area contributed by atoms with E-state index in [1.807, 2.05) is 0 Å². The first-order valence-electron chi connectivity index (χ1n) is 19.3. The Labute approximate surface area is 277 Å². The van der Waals surface area contributed by atoms with Crippen LogP contribution in [-0.2, 0) is 19.2 Å². The highest BCUT2D eigenvalue weighted by Gasteiger charge is 2.41. The van der Waals surface area contributed by atoms with E-state index in [9.17, 15) is 29.4 Å². The third kappa shape index (κ3) is 9.95. The first-order chi connectivity index (χ1) is 22.3. The Morgan fingerprint density at radius 1 is 0.413 bits per heavy atom. The summed E-state index contributed by atoms with van der Waals surface area (Å²) in [4.78, 5) is 50.7. The summed E-state index contributed by atoms with van der Waals surface area (Å²) in [5.41, 5.74) is 0. The van der Waals surface area contributed by atoms with Crippen molar-refractivity contribution in [2.45, 2.75) is 141 Å². The summed E-state index contributed by atoms with van der Waals surface area (Å²) in [6.45, 7) is 1.19. The van der Waals surface area contributed by atoms with Gasteiger partial charge in [-0.1, -0.05) is 64.2 Å². The molecule has 8 heteroatoms. The van der Waals surface area contributed by atoms with Crippen LogP contribution in [0.2, 0.25) is 0 Å². The second-order valence-corrected chi connectivity index (χ2v) is 16.3. The lowest BCUT2D eigenvalue weighted by Crippen LogP contribution is -2.44. The van der Waals surface area contributed by atoms with Gasteiger partial charge in [0.25, 0.3) is 0 Å². The van der Waals surface area contributed by atoms with Gasteiger partial charge in [0.05, 0.1) is 23.7 Å². The van der Waals surface area contributed by atoms with Crippen LogP contribution >= 0.6 is 0 Å². The van der Waals surface area contributed by atoms with Crippen molar-refractivity contribution in [1.29, 1.82) is 0 Å². The molecular formula is C38H62N2O6. The van der Waals surface area contributed by atoms with Crippen molar-refractivity contribution in [3.8, 4) is 0 Å². The van der Waals surface area contributed by atoms with Crippen molar-refractivity contribution >= 4 is 23.8 Å². The molecule has 260 valence electrons. The second-order valence-electron chi connectivity index (χ2n) is 16.3. The number of amides is 2. The van der Waals surface area contributed by atoms with E-state index < -0.39 is 35.6 Å². The van der Waals surface area contributed by atoms with E-state index in [2.05, 4.69) is 10.6 Å². The van der Waals surface area contributed by atoms with Crippen molar-refractivity contribution in [2.75, 3.05) is 13.1 Å². The Kier molecular flexibility index (Phi) is 13.3. The number of hydrogen-bond acceptors (Lipinski definition) is 4. The van der Waals surface area contributed by atoms with E-state index in [1.165, 1.54) is 64.2 Å². The molecule has 0 heterocycles. The molecule has 0 aromatic carbocycles. The van der Waals surface area contributed by atoms with Gasteiger partial charge in [0.2, 0.25) is 11.8 Å².